The monoisotopic (exact) mass is 307 g/mol. The molecule has 1 aliphatic rings. The minimum absolute atomic E-state index is 0.0373. The van der Waals surface area contributed by atoms with Crippen molar-refractivity contribution in [2.75, 3.05) is 13.2 Å². The molecule has 0 saturated carbocycles. The molecular weight excluding hydrogens is 293 g/mol. The van der Waals surface area contributed by atoms with Gasteiger partial charge in [-0.25, -0.2) is 4.39 Å². The molecule has 0 radical (unpaired) electrons. The first kappa shape index (κ1) is 14.2. The fraction of sp³-hybridized carbons (Fsp3) is 0.250. The van der Waals surface area contributed by atoms with Crippen molar-refractivity contribution in [2.24, 2.45) is 5.73 Å². The second kappa shape index (κ2) is 5.92. The van der Waals surface area contributed by atoms with Crippen molar-refractivity contribution >= 4 is 11.6 Å². The summed E-state index contributed by atoms with van der Waals surface area (Å²) in [5, 5.41) is 0.0373. The molecule has 0 atom stereocenters. The molecule has 5 heteroatoms. The smallest absolute Gasteiger partial charge is 0.142 e. The summed E-state index contributed by atoms with van der Waals surface area (Å²) in [7, 11) is 0. The third-order valence-electron chi connectivity index (χ3n) is 3.41. The number of benzene rings is 2. The highest BCUT2D eigenvalue weighted by Gasteiger charge is 2.14. The molecule has 0 spiro atoms. The number of fused-ring (bicyclic) bond motifs is 1. The molecule has 0 bridgehead atoms. The molecule has 0 aromatic heterocycles. The predicted octanol–water partition coefficient (Wildman–Crippen LogP) is 3.71. The SMILES string of the molecule is NCCc1cc(F)c(Cl)cc1Oc1ccc2c(c1)CCO2. The molecule has 0 amide bonds. The lowest BCUT2D eigenvalue weighted by Gasteiger charge is -2.12. The van der Waals surface area contributed by atoms with Crippen LogP contribution in [0.3, 0.4) is 0 Å². The summed E-state index contributed by atoms with van der Waals surface area (Å²) in [6, 6.07) is 8.51. The van der Waals surface area contributed by atoms with E-state index in [1.54, 1.807) is 0 Å². The van der Waals surface area contributed by atoms with E-state index in [-0.39, 0.29) is 5.02 Å². The fourth-order valence-electron chi connectivity index (χ4n) is 2.37. The zero-order chi connectivity index (χ0) is 14.8. The van der Waals surface area contributed by atoms with Crippen LogP contribution in [0.25, 0.3) is 0 Å². The highest BCUT2D eigenvalue weighted by molar-refractivity contribution is 6.30. The molecule has 3 nitrogen and oxygen atoms in total. The zero-order valence-corrected chi connectivity index (χ0v) is 12.1. The second-order valence-electron chi connectivity index (χ2n) is 4.88. The summed E-state index contributed by atoms with van der Waals surface area (Å²) in [6.07, 6.45) is 1.39. The van der Waals surface area contributed by atoms with E-state index in [0.717, 1.165) is 17.7 Å². The lowest BCUT2D eigenvalue weighted by molar-refractivity contribution is 0.356. The molecule has 21 heavy (non-hydrogen) atoms. The molecule has 0 fully saturated rings. The van der Waals surface area contributed by atoms with Gasteiger partial charge in [-0.1, -0.05) is 11.6 Å². The quantitative estimate of drug-likeness (QED) is 0.936. The van der Waals surface area contributed by atoms with Gasteiger partial charge in [0.25, 0.3) is 0 Å². The molecule has 0 aliphatic carbocycles. The first-order chi connectivity index (χ1) is 10.2. The van der Waals surface area contributed by atoms with Gasteiger partial charge < -0.3 is 15.2 Å². The maximum atomic E-state index is 13.6. The highest BCUT2D eigenvalue weighted by Crippen LogP contribution is 2.34. The normalized spacial score (nSPS) is 12.9. The van der Waals surface area contributed by atoms with E-state index >= 15 is 0 Å². The maximum absolute atomic E-state index is 13.6. The Morgan fingerprint density at radius 1 is 1.29 bits per heavy atom. The van der Waals surface area contributed by atoms with Crippen molar-refractivity contribution < 1.29 is 13.9 Å². The summed E-state index contributed by atoms with van der Waals surface area (Å²) in [4.78, 5) is 0. The molecular formula is C16H15ClFNO2. The van der Waals surface area contributed by atoms with E-state index in [0.29, 0.717) is 36.6 Å². The van der Waals surface area contributed by atoms with Crippen molar-refractivity contribution in [1.82, 2.24) is 0 Å². The Morgan fingerprint density at radius 3 is 2.95 bits per heavy atom. The molecule has 2 N–H and O–H groups in total. The Bertz CT molecular complexity index is 676. The van der Waals surface area contributed by atoms with Crippen molar-refractivity contribution in [1.29, 1.82) is 0 Å². The van der Waals surface area contributed by atoms with Crippen molar-refractivity contribution in [3.8, 4) is 17.2 Å². The van der Waals surface area contributed by atoms with Gasteiger partial charge in [-0.2, -0.15) is 0 Å². The van der Waals surface area contributed by atoms with E-state index in [4.69, 9.17) is 26.8 Å². The van der Waals surface area contributed by atoms with Crippen molar-refractivity contribution in [3.63, 3.8) is 0 Å². The van der Waals surface area contributed by atoms with Gasteiger partial charge in [0.15, 0.2) is 0 Å². The fourth-order valence-corrected chi connectivity index (χ4v) is 2.52. The van der Waals surface area contributed by atoms with Gasteiger partial charge in [0.05, 0.1) is 11.6 Å². The Labute approximate surface area is 127 Å². The summed E-state index contributed by atoms with van der Waals surface area (Å²) in [6.45, 7) is 1.11. The summed E-state index contributed by atoms with van der Waals surface area (Å²) < 4.78 is 24.9. The predicted molar refractivity (Wildman–Crippen MR) is 79.9 cm³/mol. The van der Waals surface area contributed by atoms with Crippen molar-refractivity contribution in [2.45, 2.75) is 12.8 Å². The van der Waals surface area contributed by atoms with E-state index in [1.807, 2.05) is 18.2 Å². The number of halogens is 2. The summed E-state index contributed by atoms with van der Waals surface area (Å²) in [5.74, 6) is 1.64. The topological polar surface area (TPSA) is 44.5 Å². The summed E-state index contributed by atoms with van der Waals surface area (Å²) in [5.41, 5.74) is 7.37. The molecule has 2 aromatic rings. The van der Waals surface area contributed by atoms with Gasteiger partial charge in [0, 0.05) is 18.1 Å². The average Bonchev–Trinajstić information content (AvgIpc) is 2.92. The molecule has 110 valence electrons. The second-order valence-corrected chi connectivity index (χ2v) is 5.29. The molecule has 0 saturated heterocycles. The Hall–Kier alpha value is -1.78. The van der Waals surface area contributed by atoms with Crippen LogP contribution in [0.2, 0.25) is 5.02 Å². The Kier molecular flexibility index (Phi) is 3.99. The average molecular weight is 308 g/mol. The summed E-state index contributed by atoms with van der Waals surface area (Å²) >= 11 is 5.84. The molecule has 1 heterocycles. The lowest BCUT2D eigenvalue weighted by atomic mass is 10.1. The molecule has 2 aromatic carbocycles. The van der Waals surface area contributed by atoms with Crippen LogP contribution in [0.15, 0.2) is 30.3 Å². The van der Waals surface area contributed by atoms with Gasteiger partial charge in [-0.15, -0.1) is 0 Å². The highest BCUT2D eigenvalue weighted by atomic mass is 35.5. The molecule has 1 aliphatic heterocycles. The van der Waals surface area contributed by atoms with Gasteiger partial charge in [0.2, 0.25) is 0 Å². The minimum Gasteiger partial charge on any atom is -0.493 e. The van der Waals surface area contributed by atoms with Crippen LogP contribution in [0, 0.1) is 5.82 Å². The number of rotatable bonds is 4. The van der Waals surface area contributed by atoms with Crippen LogP contribution in [0.4, 0.5) is 4.39 Å². The number of ether oxygens (including phenoxy) is 2. The van der Waals surface area contributed by atoms with E-state index in [9.17, 15) is 4.39 Å². The third-order valence-corrected chi connectivity index (χ3v) is 3.70. The maximum Gasteiger partial charge on any atom is 0.142 e. The number of hydrogen-bond donors (Lipinski definition) is 1. The molecule has 0 unspecified atom stereocenters. The lowest BCUT2D eigenvalue weighted by Crippen LogP contribution is -2.04. The van der Waals surface area contributed by atoms with Gasteiger partial charge in [-0.3, -0.25) is 0 Å². The Morgan fingerprint density at radius 2 is 2.14 bits per heavy atom. The number of nitrogens with two attached hydrogens (primary N) is 1. The van der Waals surface area contributed by atoms with Crippen molar-refractivity contribution in [3.05, 3.63) is 52.3 Å². The van der Waals surface area contributed by atoms with E-state index in [2.05, 4.69) is 0 Å². The van der Waals surface area contributed by atoms with Gasteiger partial charge >= 0.3 is 0 Å². The van der Waals surface area contributed by atoms with Crippen LogP contribution in [0.1, 0.15) is 11.1 Å². The minimum atomic E-state index is -0.463. The third kappa shape index (κ3) is 2.96. The van der Waals surface area contributed by atoms with Gasteiger partial charge in [0.1, 0.15) is 23.1 Å². The van der Waals surface area contributed by atoms with Crippen LogP contribution >= 0.6 is 11.6 Å². The van der Waals surface area contributed by atoms with Crippen LogP contribution in [-0.2, 0) is 12.8 Å². The standard InChI is InChI=1S/C16H15ClFNO2/c17-13-9-16(10(3-5-19)8-14(13)18)21-12-1-2-15-11(7-12)4-6-20-15/h1-2,7-9H,3-6,19H2. The first-order valence-corrected chi connectivity index (χ1v) is 7.17. The first-order valence-electron chi connectivity index (χ1n) is 6.79. The van der Waals surface area contributed by atoms with Crippen LogP contribution in [0.5, 0.6) is 17.2 Å². The van der Waals surface area contributed by atoms with E-state index < -0.39 is 5.82 Å². The van der Waals surface area contributed by atoms with E-state index in [1.165, 1.54) is 12.1 Å². The van der Waals surface area contributed by atoms with Gasteiger partial charge in [-0.05, 0) is 42.8 Å². The largest absolute Gasteiger partial charge is 0.493 e. The van der Waals surface area contributed by atoms with Crippen LogP contribution < -0.4 is 15.2 Å². The molecule has 3 rings (SSSR count). The Balaban J connectivity index is 1.91. The number of hydrogen-bond acceptors (Lipinski definition) is 3. The van der Waals surface area contributed by atoms with Crippen LogP contribution in [-0.4, -0.2) is 13.2 Å². The zero-order valence-electron chi connectivity index (χ0n) is 11.4.